The molecule has 0 radical (unpaired) electrons. The van der Waals surface area contributed by atoms with Crippen LogP contribution in [0.4, 0.5) is 8.78 Å². The van der Waals surface area contributed by atoms with Crippen molar-refractivity contribution in [3.8, 4) is 5.75 Å². The number of nitrogens with one attached hydrogen (secondary N) is 1. The number of amides is 1. The van der Waals surface area contributed by atoms with Gasteiger partial charge in [-0.1, -0.05) is 6.07 Å². The van der Waals surface area contributed by atoms with Crippen LogP contribution < -0.4 is 16.0 Å². The first-order valence-corrected chi connectivity index (χ1v) is 3.69. The van der Waals surface area contributed by atoms with Crippen LogP contribution in [0.2, 0.25) is 0 Å². The Morgan fingerprint density at radius 3 is 2.67 bits per heavy atom. The number of nitrogen functional groups attached to an aromatic ring is 1. The number of nitrogens with two attached hydrogens (primary N) is 1. The Hall–Kier alpha value is -1.40. The molecular formula is C8H9ClF2N2O2. The predicted octanol–water partition coefficient (Wildman–Crippen LogP) is 1.31. The number of rotatable bonds is 3. The Kier molecular flexibility index (Phi) is 5.58. The number of hydrogen-bond donors (Lipinski definition) is 2. The van der Waals surface area contributed by atoms with E-state index in [2.05, 4.69) is 4.74 Å². The Morgan fingerprint density at radius 1 is 1.47 bits per heavy atom. The number of carbonyl (C=O) groups excluding carboxylic acids is 1. The van der Waals surface area contributed by atoms with Gasteiger partial charge in [0.05, 0.1) is 0 Å². The van der Waals surface area contributed by atoms with Crippen LogP contribution in [0.3, 0.4) is 0 Å². The van der Waals surface area contributed by atoms with E-state index in [1.807, 2.05) is 5.43 Å². The minimum Gasteiger partial charge on any atom is -0.435 e. The molecule has 0 saturated carbocycles. The maximum Gasteiger partial charge on any atom is 0.387 e. The van der Waals surface area contributed by atoms with Crippen molar-refractivity contribution in [2.45, 2.75) is 6.61 Å². The lowest BCUT2D eigenvalue weighted by molar-refractivity contribution is -0.0498. The highest BCUT2D eigenvalue weighted by Crippen LogP contribution is 2.15. The normalized spacial score (nSPS) is 9.33. The van der Waals surface area contributed by atoms with Gasteiger partial charge in [-0.15, -0.1) is 12.4 Å². The minimum absolute atomic E-state index is 0. The second-order valence-corrected chi connectivity index (χ2v) is 2.38. The van der Waals surface area contributed by atoms with Crippen LogP contribution in [0.1, 0.15) is 10.4 Å². The average molecular weight is 239 g/mol. The van der Waals surface area contributed by atoms with Gasteiger partial charge in [0.25, 0.3) is 5.91 Å². The van der Waals surface area contributed by atoms with Crippen LogP contribution >= 0.6 is 12.4 Å². The number of ether oxygens (including phenoxy) is 1. The van der Waals surface area contributed by atoms with Crippen LogP contribution in [-0.2, 0) is 0 Å². The van der Waals surface area contributed by atoms with E-state index in [9.17, 15) is 13.6 Å². The van der Waals surface area contributed by atoms with Crippen LogP contribution in [0.5, 0.6) is 5.75 Å². The number of hydrogen-bond acceptors (Lipinski definition) is 3. The zero-order chi connectivity index (χ0) is 10.6. The molecule has 1 aromatic carbocycles. The van der Waals surface area contributed by atoms with Gasteiger partial charge in [-0.2, -0.15) is 8.78 Å². The van der Waals surface area contributed by atoms with Crippen molar-refractivity contribution in [3.05, 3.63) is 29.8 Å². The fraction of sp³-hybridized carbons (Fsp3) is 0.125. The van der Waals surface area contributed by atoms with Gasteiger partial charge in [0.1, 0.15) is 5.75 Å². The van der Waals surface area contributed by atoms with Crippen LogP contribution in [0, 0.1) is 0 Å². The zero-order valence-corrected chi connectivity index (χ0v) is 8.26. The van der Waals surface area contributed by atoms with Crippen molar-refractivity contribution < 1.29 is 18.3 Å². The molecule has 1 aromatic rings. The third-order valence-electron chi connectivity index (χ3n) is 1.45. The Bertz CT molecular complexity index is 336. The molecule has 0 aliphatic rings. The molecule has 15 heavy (non-hydrogen) atoms. The smallest absolute Gasteiger partial charge is 0.387 e. The van der Waals surface area contributed by atoms with E-state index in [-0.39, 0.29) is 23.7 Å². The molecule has 84 valence electrons. The van der Waals surface area contributed by atoms with Crippen molar-refractivity contribution in [3.63, 3.8) is 0 Å². The summed E-state index contributed by atoms with van der Waals surface area (Å²) < 4.78 is 27.7. The second kappa shape index (κ2) is 6.15. The summed E-state index contributed by atoms with van der Waals surface area (Å²) in [6, 6.07) is 5.34. The first kappa shape index (κ1) is 13.6. The summed E-state index contributed by atoms with van der Waals surface area (Å²) in [7, 11) is 0. The summed E-state index contributed by atoms with van der Waals surface area (Å²) in [4.78, 5) is 11.0. The van der Waals surface area contributed by atoms with E-state index in [0.29, 0.717) is 0 Å². The van der Waals surface area contributed by atoms with Crippen molar-refractivity contribution >= 4 is 18.3 Å². The molecule has 0 aromatic heterocycles. The molecule has 7 heteroatoms. The molecule has 0 spiro atoms. The molecule has 0 heterocycles. The maximum absolute atomic E-state index is 11.8. The van der Waals surface area contributed by atoms with Crippen LogP contribution in [-0.4, -0.2) is 12.5 Å². The molecule has 0 aliphatic heterocycles. The van der Waals surface area contributed by atoms with Crippen molar-refractivity contribution in [2.24, 2.45) is 5.84 Å². The van der Waals surface area contributed by atoms with E-state index in [0.717, 1.165) is 0 Å². The van der Waals surface area contributed by atoms with Gasteiger partial charge in [-0.3, -0.25) is 10.2 Å². The van der Waals surface area contributed by atoms with Gasteiger partial charge in [-0.25, -0.2) is 5.84 Å². The van der Waals surface area contributed by atoms with Gasteiger partial charge >= 0.3 is 6.61 Å². The molecule has 3 N–H and O–H groups in total. The summed E-state index contributed by atoms with van der Waals surface area (Å²) in [5.41, 5.74) is 2.04. The molecule has 4 nitrogen and oxygen atoms in total. The molecule has 1 amide bonds. The van der Waals surface area contributed by atoms with Gasteiger partial charge in [0.15, 0.2) is 0 Å². The summed E-state index contributed by atoms with van der Waals surface area (Å²) in [5, 5.41) is 0. The third-order valence-corrected chi connectivity index (χ3v) is 1.45. The SMILES string of the molecule is Cl.NNC(=O)c1cccc(OC(F)F)c1. The fourth-order valence-electron chi connectivity index (χ4n) is 0.897. The lowest BCUT2D eigenvalue weighted by Crippen LogP contribution is -2.29. The number of halogens is 3. The van der Waals surface area contributed by atoms with Crippen molar-refractivity contribution in [2.75, 3.05) is 0 Å². The Balaban J connectivity index is 0.00000196. The monoisotopic (exact) mass is 238 g/mol. The molecule has 0 saturated heterocycles. The minimum atomic E-state index is -2.91. The summed E-state index contributed by atoms with van der Waals surface area (Å²) in [6.45, 7) is -2.91. The summed E-state index contributed by atoms with van der Waals surface area (Å²) >= 11 is 0. The van der Waals surface area contributed by atoms with E-state index < -0.39 is 12.5 Å². The topological polar surface area (TPSA) is 64.3 Å². The number of hydrazine groups is 1. The number of carbonyl (C=O) groups is 1. The lowest BCUT2D eigenvalue weighted by Gasteiger charge is -2.05. The number of benzene rings is 1. The van der Waals surface area contributed by atoms with Crippen molar-refractivity contribution in [1.82, 2.24) is 5.43 Å². The molecule has 0 unspecified atom stereocenters. The van der Waals surface area contributed by atoms with E-state index in [4.69, 9.17) is 5.84 Å². The highest BCUT2D eigenvalue weighted by molar-refractivity contribution is 5.94. The first-order chi connectivity index (χ1) is 6.63. The summed E-state index contributed by atoms with van der Waals surface area (Å²) in [6.07, 6.45) is 0. The maximum atomic E-state index is 11.8. The van der Waals surface area contributed by atoms with Gasteiger partial charge < -0.3 is 4.74 Å². The van der Waals surface area contributed by atoms with Crippen LogP contribution in [0.15, 0.2) is 24.3 Å². The Labute approximate surface area is 90.8 Å². The molecular weight excluding hydrogens is 230 g/mol. The summed E-state index contributed by atoms with van der Waals surface area (Å²) in [5.74, 6) is 4.22. The standard InChI is InChI=1S/C8H8F2N2O2.ClH/c9-8(10)14-6-3-1-2-5(4-6)7(13)12-11;/h1-4,8H,11H2,(H,12,13);1H. The highest BCUT2D eigenvalue weighted by atomic mass is 35.5. The van der Waals surface area contributed by atoms with Gasteiger partial charge in [-0.05, 0) is 18.2 Å². The molecule has 1 rings (SSSR count). The van der Waals surface area contributed by atoms with Gasteiger partial charge in [0.2, 0.25) is 0 Å². The third kappa shape index (κ3) is 4.09. The Morgan fingerprint density at radius 2 is 2.13 bits per heavy atom. The second-order valence-electron chi connectivity index (χ2n) is 2.38. The van der Waals surface area contributed by atoms with E-state index >= 15 is 0 Å². The molecule has 0 atom stereocenters. The fourth-order valence-corrected chi connectivity index (χ4v) is 0.897. The van der Waals surface area contributed by atoms with Crippen LogP contribution in [0.25, 0.3) is 0 Å². The molecule has 0 fully saturated rings. The van der Waals surface area contributed by atoms with E-state index in [1.165, 1.54) is 24.3 Å². The average Bonchev–Trinajstić information content (AvgIpc) is 2.16. The van der Waals surface area contributed by atoms with Crippen molar-refractivity contribution in [1.29, 1.82) is 0 Å². The van der Waals surface area contributed by atoms with Gasteiger partial charge in [0, 0.05) is 5.56 Å². The number of alkyl halides is 2. The molecule has 0 aliphatic carbocycles. The van der Waals surface area contributed by atoms with E-state index in [1.54, 1.807) is 0 Å². The largest absolute Gasteiger partial charge is 0.435 e. The highest BCUT2D eigenvalue weighted by Gasteiger charge is 2.07. The zero-order valence-electron chi connectivity index (χ0n) is 7.44. The predicted molar refractivity (Wildman–Crippen MR) is 52.0 cm³/mol. The quantitative estimate of drug-likeness (QED) is 0.474. The lowest BCUT2D eigenvalue weighted by atomic mass is 10.2. The first-order valence-electron chi connectivity index (χ1n) is 3.69. The molecule has 0 bridgehead atoms.